The fraction of sp³-hybridized carbons (Fsp3) is 0.545. The Bertz CT molecular complexity index is 454. The van der Waals surface area contributed by atoms with Crippen LogP contribution in [0.1, 0.15) is 35.0 Å². The molecule has 1 N–H and O–H groups in total. The number of rotatable bonds is 3. The van der Waals surface area contributed by atoms with Gasteiger partial charge in [0, 0.05) is 6.92 Å². The fourth-order valence-electron chi connectivity index (χ4n) is 1.63. The lowest BCUT2D eigenvalue weighted by molar-refractivity contribution is 0.0911. The second-order valence-corrected chi connectivity index (χ2v) is 4.07. The normalized spacial score (nSPS) is 16.6. The Balaban J connectivity index is 2.08. The van der Waals surface area contributed by atoms with Crippen LogP contribution in [0.25, 0.3) is 0 Å². The summed E-state index contributed by atoms with van der Waals surface area (Å²) < 4.78 is 5.19. The number of carbonyl (C=O) groups is 1. The van der Waals surface area contributed by atoms with Crippen molar-refractivity contribution in [3.8, 4) is 6.07 Å². The van der Waals surface area contributed by atoms with E-state index in [9.17, 15) is 4.79 Å². The molecule has 1 unspecified atom stereocenters. The molecule has 0 bridgehead atoms. The van der Waals surface area contributed by atoms with Crippen molar-refractivity contribution in [2.24, 2.45) is 5.92 Å². The zero-order chi connectivity index (χ0) is 11.7. The van der Waals surface area contributed by atoms with E-state index in [0.29, 0.717) is 17.5 Å². The van der Waals surface area contributed by atoms with Crippen LogP contribution in [0.15, 0.2) is 4.42 Å². The van der Waals surface area contributed by atoms with Crippen molar-refractivity contribution in [1.29, 1.82) is 5.26 Å². The van der Waals surface area contributed by atoms with Crippen molar-refractivity contribution in [1.82, 2.24) is 10.3 Å². The van der Waals surface area contributed by atoms with E-state index >= 15 is 0 Å². The Morgan fingerprint density at radius 3 is 2.75 bits per heavy atom. The van der Waals surface area contributed by atoms with Gasteiger partial charge in [0.15, 0.2) is 5.89 Å². The van der Waals surface area contributed by atoms with Crippen LogP contribution < -0.4 is 5.32 Å². The Hall–Kier alpha value is -1.83. The second-order valence-electron chi connectivity index (χ2n) is 4.07. The first-order valence-electron chi connectivity index (χ1n) is 5.26. The molecule has 1 saturated carbocycles. The van der Waals surface area contributed by atoms with Gasteiger partial charge in [0.25, 0.3) is 5.91 Å². The number of nitrogens with zero attached hydrogens (tertiary/aromatic N) is 2. The highest BCUT2D eigenvalue weighted by Crippen LogP contribution is 2.32. The van der Waals surface area contributed by atoms with Gasteiger partial charge in [-0.05, 0) is 25.7 Å². The predicted octanol–water partition coefficient (Wildman–Crippen LogP) is 1.32. The Labute approximate surface area is 93.5 Å². The zero-order valence-electron chi connectivity index (χ0n) is 9.28. The van der Waals surface area contributed by atoms with E-state index in [0.717, 1.165) is 12.8 Å². The standard InChI is InChI=1S/C11H13N3O2/c1-6-10(16-7(2)13-6)11(15)14-9(5-12)8-3-4-8/h8-9H,3-4H2,1-2H3,(H,14,15). The number of nitriles is 1. The molecule has 0 aliphatic heterocycles. The summed E-state index contributed by atoms with van der Waals surface area (Å²) in [5.41, 5.74) is 0.558. The molecule has 5 heteroatoms. The summed E-state index contributed by atoms with van der Waals surface area (Å²) in [6, 6.07) is 1.69. The zero-order valence-corrected chi connectivity index (χ0v) is 9.28. The van der Waals surface area contributed by atoms with Crippen molar-refractivity contribution in [3.05, 3.63) is 17.3 Å². The summed E-state index contributed by atoms with van der Waals surface area (Å²) in [4.78, 5) is 15.8. The second kappa shape index (κ2) is 3.97. The molecular formula is C11H13N3O2. The third-order valence-electron chi connectivity index (χ3n) is 2.63. The highest BCUT2D eigenvalue weighted by molar-refractivity contribution is 5.92. The molecule has 1 fully saturated rings. The van der Waals surface area contributed by atoms with Crippen LogP contribution in [0.2, 0.25) is 0 Å². The minimum Gasteiger partial charge on any atom is -0.436 e. The maximum absolute atomic E-state index is 11.8. The number of amides is 1. The van der Waals surface area contributed by atoms with E-state index in [1.54, 1.807) is 13.8 Å². The molecule has 1 aromatic heterocycles. The van der Waals surface area contributed by atoms with Crippen LogP contribution in [0, 0.1) is 31.1 Å². The monoisotopic (exact) mass is 219 g/mol. The van der Waals surface area contributed by atoms with E-state index in [-0.39, 0.29) is 11.7 Å². The van der Waals surface area contributed by atoms with Crippen LogP contribution in [0.4, 0.5) is 0 Å². The summed E-state index contributed by atoms with van der Waals surface area (Å²) in [7, 11) is 0. The van der Waals surface area contributed by atoms with Gasteiger partial charge in [0.2, 0.25) is 5.76 Å². The number of hydrogen-bond donors (Lipinski definition) is 1. The minimum absolute atomic E-state index is 0.207. The number of oxazole rings is 1. The molecule has 1 aromatic rings. The van der Waals surface area contributed by atoms with Crippen LogP contribution in [0.3, 0.4) is 0 Å². The summed E-state index contributed by atoms with van der Waals surface area (Å²) >= 11 is 0. The average molecular weight is 219 g/mol. The molecule has 1 aliphatic rings. The predicted molar refractivity (Wildman–Crippen MR) is 55.6 cm³/mol. The van der Waals surface area contributed by atoms with Crippen molar-refractivity contribution in [3.63, 3.8) is 0 Å². The molecule has 16 heavy (non-hydrogen) atoms. The third kappa shape index (κ3) is 2.06. The van der Waals surface area contributed by atoms with Gasteiger partial charge in [-0.1, -0.05) is 0 Å². The van der Waals surface area contributed by atoms with Gasteiger partial charge < -0.3 is 9.73 Å². The summed E-state index contributed by atoms with van der Waals surface area (Å²) in [6.45, 7) is 3.40. The minimum atomic E-state index is -0.405. The highest BCUT2D eigenvalue weighted by atomic mass is 16.4. The topological polar surface area (TPSA) is 78.9 Å². The fourth-order valence-corrected chi connectivity index (χ4v) is 1.63. The van der Waals surface area contributed by atoms with E-state index in [1.807, 2.05) is 0 Å². The number of aromatic nitrogens is 1. The van der Waals surface area contributed by atoms with Crippen LogP contribution >= 0.6 is 0 Å². The Morgan fingerprint density at radius 2 is 2.31 bits per heavy atom. The molecule has 2 rings (SSSR count). The van der Waals surface area contributed by atoms with Crippen molar-refractivity contribution < 1.29 is 9.21 Å². The van der Waals surface area contributed by atoms with E-state index < -0.39 is 6.04 Å². The third-order valence-corrected chi connectivity index (χ3v) is 2.63. The van der Waals surface area contributed by atoms with Crippen LogP contribution in [-0.4, -0.2) is 16.9 Å². The molecule has 0 spiro atoms. The first-order valence-corrected chi connectivity index (χ1v) is 5.26. The Kier molecular flexibility index (Phi) is 2.65. The quantitative estimate of drug-likeness (QED) is 0.831. The maximum atomic E-state index is 11.8. The molecule has 1 heterocycles. The summed E-state index contributed by atoms with van der Waals surface area (Å²) in [5.74, 6) is 0.621. The van der Waals surface area contributed by atoms with Gasteiger partial charge in [-0.3, -0.25) is 4.79 Å². The van der Waals surface area contributed by atoms with Gasteiger partial charge in [0.1, 0.15) is 6.04 Å². The van der Waals surface area contributed by atoms with Crippen molar-refractivity contribution in [2.45, 2.75) is 32.7 Å². The number of aryl methyl sites for hydroxylation is 2. The number of carbonyl (C=O) groups excluding carboxylic acids is 1. The maximum Gasteiger partial charge on any atom is 0.290 e. The molecule has 0 radical (unpaired) electrons. The lowest BCUT2D eigenvalue weighted by Crippen LogP contribution is -2.35. The molecular weight excluding hydrogens is 206 g/mol. The van der Waals surface area contributed by atoms with Gasteiger partial charge in [-0.15, -0.1) is 0 Å². The van der Waals surface area contributed by atoms with Crippen molar-refractivity contribution in [2.75, 3.05) is 0 Å². The molecule has 84 valence electrons. The lowest BCUT2D eigenvalue weighted by atomic mass is 10.2. The van der Waals surface area contributed by atoms with Crippen LogP contribution in [-0.2, 0) is 0 Å². The molecule has 5 nitrogen and oxygen atoms in total. The molecule has 1 amide bonds. The van der Waals surface area contributed by atoms with Gasteiger partial charge >= 0.3 is 0 Å². The SMILES string of the molecule is Cc1nc(C)c(C(=O)NC(C#N)C2CC2)o1. The molecule has 0 aromatic carbocycles. The largest absolute Gasteiger partial charge is 0.436 e. The molecule has 0 saturated heterocycles. The Morgan fingerprint density at radius 1 is 1.62 bits per heavy atom. The van der Waals surface area contributed by atoms with Crippen LogP contribution in [0.5, 0.6) is 0 Å². The lowest BCUT2D eigenvalue weighted by Gasteiger charge is -2.08. The number of hydrogen-bond acceptors (Lipinski definition) is 4. The first kappa shape index (κ1) is 10.7. The van der Waals surface area contributed by atoms with E-state index in [4.69, 9.17) is 9.68 Å². The molecule has 1 atom stereocenters. The van der Waals surface area contributed by atoms with E-state index in [1.165, 1.54) is 0 Å². The van der Waals surface area contributed by atoms with Gasteiger partial charge in [-0.25, -0.2) is 4.98 Å². The van der Waals surface area contributed by atoms with E-state index in [2.05, 4.69) is 16.4 Å². The van der Waals surface area contributed by atoms with Gasteiger partial charge in [-0.2, -0.15) is 5.26 Å². The summed E-state index contributed by atoms with van der Waals surface area (Å²) in [6.07, 6.45) is 2.01. The highest BCUT2D eigenvalue weighted by Gasteiger charge is 2.33. The average Bonchev–Trinajstić information content (AvgIpc) is 3.01. The smallest absolute Gasteiger partial charge is 0.290 e. The first-order chi connectivity index (χ1) is 7.61. The molecule has 1 aliphatic carbocycles. The van der Waals surface area contributed by atoms with Gasteiger partial charge in [0.05, 0.1) is 11.8 Å². The number of nitrogens with one attached hydrogen (secondary N) is 1. The summed E-state index contributed by atoms with van der Waals surface area (Å²) in [5, 5.41) is 11.6. The van der Waals surface area contributed by atoms with Crippen molar-refractivity contribution >= 4 is 5.91 Å².